The van der Waals surface area contributed by atoms with Gasteiger partial charge in [0.15, 0.2) is 0 Å². The van der Waals surface area contributed by atoms with Crippen molar-refractivity contribution in [3.8, 4) is 0 Å². The van der Waals surface area contributed by atoms with E-state index in [1.54, 1.807) is 0 Å². The molecule has 0 saturated carbocycles. The largest absolute Gasteiger partial charge is 0.166 e. The van der Waals surface area contributed by atoms with Crippen LogP contribution in [0.3, 0.4) is 0 Å². The van der Waals surface area contributed by atoms with Crippen LogP contribution in [0.25, 0.3) is 0 Å². The third-order valence-corrected chi connectivity index (χ3v) is 0. The Balaban J connectivity index is 0. The molecule has 0 amide bonds. The van der Waals surface area contributed by atoms with Crippen molar-refractivity contribution in [1.82, 2.24) is 0 Å². The summed E-state index contributed by atoms with van der Waals surface area (Å²) in [6, 6.07) is 0. The molecule has 1 radical (unpaired) electrons. The standard InChI is InChI=1S/Cl2O.Cu/c1-3-2;. The van der Waals surface area contributed by atoms with Gasteiger partial charge in [0.25, 0.3) is 0 Å². The first kappa shape index (κ1) is 8.91. The van der Waals surface area contributed by atoms with Gasteiger partial charge in [0, 0.05) is 17.1 Å². The first-order valence-electron chi connectivity index (χ1n) is 0.309. The molecule has 0 unspecified atom stereocenters. The molecule has 1 nitrogen and oxygen atoms in total. The van der Waals surface area contributed by atoms with Crippen molar-refractivity contribution in [2.75, 3.05) is 0 Å². The van der Waals surface area contributed by atoms with Gasteiger partial charge < -0.3 is 0 Å². The first-order chi connectivity index (χ1) is 1.41. The molecular weight excluding hydrogens is 150 g/mol. The van der Waals surface area contributed by atoms with Crippen LogP contribution in [0.5, 0.6) is 0 Å². The summed E-state index contributed by atoms with van der Waals surface area (Å²) in [5, 5.41) is 0. The number of hydrogen-bond acceptors (Lipinski definition) is 1. The molecule has 0 bridgehead atoms. The summed E-state index contributed by atoms with van der Waals surface area (Å²) in [5.74, 6) is 0. The molecule has 0 fully saturated rings. The molecule has 0 rings (SSSR count). The minimum atomic E-state index is 0. The van der Waals surface area contributed by atoms with Crippen LogP contribution in [0.2, 0.25) is 0 Å². The van der Waals surface area contributed by atoms with Crippen LogP contribution in [0.15, 0.2) is 0 Å². The van der Waals surface area contributed by atoms with Crippen LogP contribution in [0.1, 0.15) is 0 Å². The van der Waals surface area contributed by atoms with Gasteiger partial charge in [-0.3, -0.25) is 0 Å². The van der Waals surface area contributed by atoms with Gasteiger partial charge in [-0.1, -0.05) is 0 Å². The molecular formula is Cl2CuO. The summed E-state index contributed by atoms with van der Waals surface area (Å²) in [4.78, 5) is 0. The van der Waals surface area contributed by atoms with Gasteiger partial charge in [0.2, 0.25) is 0 Å². The average molecular weight is 150 g/mol. The van der Waals surface area contributed by atoms with Gasteiger partial charge >= 0.3 is 0 Å². The van der Waals surface area contributed by atoms with Crippen molar-refractivity contribution in [2.24, 2.45) is 0 Å². The minimum absolute atomic E-state index is 0. The van der Waals surface area contributed by atoms with Gasteiger partial charge in [0.05, 0.1) is 23.7 Å². The molecule has 0 aromatic rings. The number of rotatable bonds is 0. The van der Waals surface area contributed by atoms with E-state index in [1.807, 2.05) is 0 Å². The van der Waals surface area contributed by atoms with Crippen LogP contribution < -0.4 is 0 Å². The zero-order valence-corrected chi connectivity index (χ0v) is 3.92. The summed E-state index contributed by atoms with van der Waals surface area (Å²) in [5.41, 5.74) is 0. The molecule has 4 heavy (non-hydrogen) atoms. The number of hydrogen-bond donors (Lipinski definition) is 0. The van der Waals surface area contributed by atoms with Crippen molar-refractivity contribution >= 4 is 23.7 Å². The van der Waals surface area contributed by atoms with Gasteiger partial charge in [-0.05, 0) is 0 Å². The maximum absolute atomic E-state index is 4.26. The van der Waals surface area contributed by atoms with E-state index in [0.717, 1.165) is 0 Å². The maximum Gasteiger partial charge on any atom is 0.0832 e. The fourth-order valence-corrected chi connectivity index (χ4v) is 0. The fraction of sp³-hybridized carbons (Fsp3) is 0. The quantitative estimate of drug-likeness (QED) is 0.473. The maximum atomic E-state index is 4.26. The fourth-order valence-electron chi connectivity index (χ4n) is 0. The molecule has 0 N–H and O–H groups in total. The topological polar surface area (TPSA) is 9.23 Å². The predicted octanol–water partition coefficient (Wildman–Crippen LogP) is 1.31. The summed E-state index contributed by atoms with van der Waals surface area (Å²) in [7, 11) is 0. The third kappa shape index (κ3) is 11.6. The van der Waals surface area contributed by atoms with Crippen molar-refractivity contribution in [3.63, 3.8) is 0 Å². The van der Waals surface area contributed by atoms with Gasteiger partial charge in [0.1, 0.15) is 0 Å². The molecule has 0 aromatic carbocycles. The Morgan fingerprint density at radius 1 is 1.25 bits per heavy atom. The molecule has 0 saturated heterocycles. The second-order valence-electron chi connectivity index (χ2n) is 0.0583. The van der Waals surface area contributed by atoms with Gasteiger partial charge in [-0.2, -0.15) is 3.84 Å². The van der Waals surface area contributed by atoms with Gasteiger partial charge in [-0.25, -0.2) is 0 Å². The van der Waals surface area contributed by atoms with Crippen LogP contribution in [-0.4, -0.2) is 0 Å². The molecule has 0 aliphatic heterocycles. The van der Waals surface area contributed by atoms with Crippen molar-refractivity contribution < 1.29 is 20.9 Å². The molecule has 4 heteroatoms. The SMILES string of the molecule is ClOCl.[Cu]. The van der Waals surface area contributed by atoms with E-state index >= 15 is 0 Å². The van der Waals surface area contributed by atoms with Crippen LogP contribution >= 0.6 is 23.7 Å². The molecule has 0 heterocycles. The van der Waals surface area contributed by atoms with E-state index in [2.05, 4.69) is 27.6 Å². The Kier molecular flexibility index (Phi) is 19.9. The molecule has 0 atom stereocenters. The Hall–Kier alpha value is 1.06. The molecule has 0 spiro atoms. The van der Waals surface area contributed by atoms with Crippen LogP contribution in [-0.2, 0) is 20.9 Å². The number of halogens is 2. The van der Waals surface area contributed by atoms with Crippen LogP contribution in [0, 0.1) is 0 Å². The van der Waals surface area contributed by atoms with E-state index in [1.165, 1.54) is 0 Å². The van der Waals surface area contributed by atoms with Gasteiger partial charge in [-0.15, -0.1) is 0 Å². The average Bonchev–Trinajstić information content (AvgIpc) is 0.918. The van der Waals surface area contributed by atoms with Crippen molar-refractivity contribution in [3.05, 3.63) is 0 Å². The zero-order valence-electron chi connectivity index (χ0n) is 1.47. The zero-order chi connectivity index (χ0) is 2.71. The third-order valence-electron chi connectivity index (χ3n) is 0. The van der Waals surface area contributed by atoms with E-state index in [-0.39, 0.29) is 17.1 Å². The predicted molar refractivity (Wildman–Crippen MR) is 12.8 cm³/mol. The first-order valence-corrected chi connectivity index (χ1v) is 0.926. The Bertz CT molecular complexity index is 6.00. The van der Waals surface area contributed by atoms with Crippen molar-refractivity contribution in [1.29, 1.82) is 0 Å². The second-order valence-corrected chi connectivity index (χ2v) is 0.525. The molecule has 0 aliphatic carbocycles. The minimum Gasteiger partial charge on any atom is -0.166 e. The van der Waals surface area contributed by atoms with Crippen molar-refractivity contribution in [2.45, 2.75) is 0 Å². The monoisotopic (exact) mass is 149 g/mol. The Labute approximate surface area is 45.0 Å². The second kappa shape index (κ2) is 8.96. The van der Waals surface area contributed by atoms with E-state index in [4.69, 9.17) is 0 Å². The van der Waals surface area contributed by atoms with Crippen LogP contribution in [0.4, 0.5) is 0 Å². The smallest absolute Gasteiger partial charge is 0.0832 e. The van der Waals surface area contributed by atoms with E-state index in [9.17, 15) is 0 Å². The molecule has 31 valence electrons. The van der Waals surface area contributed by atoms with E-state index < -0.39 is 0 Å². The Morgan fingerprint density at radius 2 is 1.25 bits per heavy atom. The summed E-state index contributed by atoms with van der Waals surface area (Å²) in [6.07, 6.45) is 0. The Morgan fingerprint density at radius 3 is 1.25 bits per heavy atom. The molecule has 0 aliphatic rings. The normalized spacial score (nSPS) is 4.50. The molecule has 0 aromatic heterocycles. The summed E-state index contributed by atoms with van der Waals surface area (Å²) >= 11 is 8.53. The summed E-state index contributed by atoms with van der Waals surface area (Å²) < 4.78 is 3.19. The summed E-state index contributed by atoms with van der Waals surface area (Å²) in [6.45, 7) is 0. The van der Waals surface area contributed by atoms with E-state index in [0.29, 0.717) is 0 Å².